The minimum absolute atomic E-state index is 0.263. The molecule has 0 spiro atoms. The summed E-state index contributed by atoms with van der Waals surface area (Å²) in [7, 11) is 0. The van der Waals surface area contributed by atoms with Crippen LogP contribution in [0.3, 0.4) is 0 Å². The van der Waals surface area contributed by atoms with Gasteiger partial charge in [-0.3, -0.25) is 4.79 Å². The van der Waals surface area contributed by atoms with E-state index >= 15 is 0 Å². The van der Waals surface area contributed by atoms with E-state index in [4.69, 9.17) is 14.4 Å². The molecule has 5 nitrogen and oxygen atoms in total. The first-order valence-electron chi connectivity index (χ1n) is 11.1. The number of hydrogen-bond donors (Lipinski definition) is 1. The monoisotopic (exact) mass is 426 g/mol. The third kappa shape index (κ3) is 10.5. The van der Waals surface area contributed by atoms with E-state index < -0.39 is 11.5 Å². The van der Waals surface area contributed by atoms with Crippen LogP contribution >= 0.6 is 0 Å². The lowest BCUT2D eigenvalue weighted by Crippen LogP contribution is -2.28. The van der Waals surface area contributed by atoms with Gasteiger partial charge in [0, 0.05) is 5.69 Å². The predicted molar refractivity (Wildman–Crippen MR) is 128 cm³/mol. The molecule has 0 aliphatic carbocycles. The first kappa shape index (κ1) is 28.0. The Balaban J connectivity index is 0.00000212. The van der Waals surface area contributed by atoms with E-state index in [0.29, 0.717) is 23.4 Å². The fourth-order valence-corrected chi connectivity index (χ4v) is 2.60. The molecule has 0 saturated heterocycles. The summed E-state index contributed by atoms with van der Waals surface area (Å²) in [5.74, 6) is -0.0519. The lowest BCUT2D eigenvalue weighted by atomic mass is 10.0. The minimum atomic E-state index is -0.545. The normalized spacial score (nSPS) is 11.6. The minimum Gasteiger partial charge on any atom is -0.463 e. The maximum Gasteiger partial charge on any atom is 0.313 e. The smallest absolute Gasteiger partial charge is 0.313 e. The van der Waals surface area contributed by atoms with Gasteiger partial charge >= 0.3 is 5.97 Å². The van der Waals surface area contributed by atoms with E-state index in [1.807, 2.05) is 73.6 Å². The quantitative estimate of drug-likeness (QED) is 0.466. The van der Waals surface area contributed by atoms with Crippen molar-refractivity contribution in [2.45, 2.75) is 73.8 Å². The predicted octanol–water partition coefficient (Wildman–Crippen LogP) is 7.41. The van der Waals surface area contributed by atoms with Gasteiger partial charge in [-0.25, -0.2) is 0 Å². The molecule has 0 bridgehead atoms. The Kier molecular flexibility index (Phi) is 13.5. The van der Waals surface area contributed by atoms with Crippen LogP contribution in [0, 0.1) is 17.2 Å². The Morgan fingerprint density at radius 3 is 2.39 bits per heavy atom. The molecule has 170 valence electrons. The zero-order chi connectivity index (χ0) is 23.9. The zero-order valence-electron chi connectivity index (χ0n) is 20.3. The van der Waals surface area contributed by atoms with Crippen LogP contribution in [0.5, 0.6) is 0 Å². The van der Waals surface area contributed by atoms with Gasteiger partial charge in [0.05, 0.1) is 29.5 Å². The average Bonchev–Trinajstić information content (AvgIpc) is 3.29. The molecule has 1 aromatic carbocycles. The molecule has 5 heteroatoms. The second-order valence-corrected chi connectivity index (χ2v) is 7.30. The van der Waals surface area contributed by atoms with Crippen LogP contribution < -0.4 is 5.32 Å². The van der Waals surface area contributed by atoms with Gasteiger partial charge in [-0.05, 0) is 63.6 Å². The number of carbonyl (C=O) groups excluding carboxylic acids is 1. The molecule has 1 atom stereocenters. The maximum absolute atomic E-state index is 12.6. The van der Waals surface area contributed by atoms with Gasteiger partial charge in [0.2, 0.25) is 0 Å². The number of esters is 1. The molecule has 1 N–H and O–H groups in total. The van der Waals surface area contributed by atoms with Crippen molar-refractivity contribution in [1.82, 2.24) is 0 Å². The fraction of sp³-hybridized carbons (Fsp3) is 0.462. The first-order chi connectivity index (χ1) is 14.8. The highest BCUT2D eigenvalue weighted by atomic mass is 16.6. The van der Waals surface area contributed by atoms with Crippen LogP contribution in [0.2, 0.25) is 0 Å². The summed E-state index contributed by atoms with van der Waals surface area (Å²) in [5, 5.41) is 12.4. The summed E-state index contributed by atoms with van der Waals surface area (Å²) >= 11 is 0. The lowest BCUT2D eigenvalue weighted by Gasteiger charge is -2.23. The van der Waals surface area contributed by atoms with Gasteiger partial charge in [-0.1, -0.05) is 47.1 Å². The Hall–Kier alpha value is -3.00. The zero-order valence-corrected chi connectivity index (χ0v) is 20.3. The standard InChI is InChI=1S/C22H26N2O3.2C2H6/c1-5-8-17(21(25)27-22(2,3)4)14-19(20-11-7-12-26-20)24-18-10-6-9-16(13-18)15-23;2*1-2/h6-7,9-14,17,24H,5,8H2,1-4H3;2*1-2H3/b19-14-;;. The van der Waals surface area contributed by atoms with E-state index in [0.717, 1.165) is 12.1 Å². The van der Waals surface area contributed by atoms with Crippen molar-refractivity contribution < 1.29 is 13.9 Å². The highest BCUT2D eigenvalue weighted by Gasteiger charge is 2.24. The molecule has 31 heavy (non-hydrogen) atoms. The summed E-state index contributed by atoms with van der Waals surface area (Å²) in [6.45, 7) is 15.6. The summed E-state index contributed by atoms with van der Waals surface area (Å²) in [6, 6.07) is 12.9. The van der Waals surface area contributed by atoms with Crippen LogP contribution in [-0.4, -0.2) is 11.6 Å². The van der Waals surface area contributed by atoms with Crippen LogP contribution in [0.1, 0.15) is 79.6 Å². The molecule has 0 aliphatic heterocycles. The number of carbonyl (C=O) groups is 1. The Labute approximate surface area is 188 Å². The van der Waals surface area contributed by atoms with E-state index in [1.165, 1.54) is 0 Å². The molecular weight excluding hydrogens is 388 g/mol. The van der Waals surface area contributed by atoms with Crippen molar-refractivity contribution in [3.05, 3.63) is 60.1 Å². The highest BCUT2D eigenvalue weighted by molar-refractivity contribution is 5.81. The Bertz CT molecular complexity index is 825. The van der Waals surface area contributed by atoms with E-state index in [-0.39, 0.29) is 5.97 Å². The molecule has 1 aromatic heterocycles. The first-order valence-corrected chi connectivity index (χ1v) is 11.1. The maximum atomic E-state index is 12.6. The Morgan fingerprint density at radius 1 is 1.19 bits per heavy atom. The van der Waals surface area contributed by atoms with Gasteiger partial charge in [-0.15, -0.1) is 0 Å². The third-order valence-electron chi connectivity index (χ3n) is 3.73. The van der Waals surface area contributed by atoms with Crippen molar-refractivity contribution in [2.75, 3.05) is 5.32 Å². The topological polar surface area (TPSA) is 75.3 Å². The van der Waals surface area contributed by atoms with Crippen molar-refractivity contribution in [3.8, 4) is 6.07 Å². The molecule has 0 radical (unpaired) electrons. The number of nitrogens with one attached hydrogen (secondary N) is 1. The van der Waals surface area contributed by atoms with Crippen molar-refractivity contribution in [3.63, 3.8) is 0 Å². The third-order valence-corrected chi connectivity index (χ3v) is 3.73. The number of anilines is 1. The van der Waals surface area contributed by atoms with Crippen LogP contribution in [0.15, 0.2) is 53.2 Å². The molecule has 1 heterocycles. The summed E-state index contributed by atoms with van der Waals surface area (Å²) < 4.78 is 11.1. The Morgan fingerprint density at radius 2 is 1.87 bits per heavy atom. The summed E-state index contributed by atoms with van der Waals surface area (Å²) in [6.07, 6.45) is 4.93. The molecular formula is C26H38N2O3. The van der Waals surface area contributed by atoms with Crippen molar-refractivity contribution >= 4 is 17.4 Å². The van der Waals surface area contributed by atoms with Crippen LogP contribution in [0.4, 0.5) is 5.69 Å². The van der Waals surface area contributed by atoms with Crippen molar-refractivity contribution in [1.29, 1.82) is 5.26 Å². The van der Waals surface area contributed by atoms with Crippen LogP contribution in [0.25, 0.3) is 5.70 Å². The fourth-order valence-electron chi connectivity index (χ4n) is 2.60. The molecule has 1 unspecified atom stereocenters. The highest BCUT2D eigenvalue weighted by Crippen LogP contribution is 2.25. The van der Waals surface area contributed by atoms with E-state index in [1.54, 1.807) is 30.5 Å². The molecule has 2 rings (SSSR count). The number of nitrogens with zero attached hydrogens (tertiary/aromatic N) is 1. The number of ether oxygens (including phenoxy) is 1. The van der Waals surface area contributed by atoms with Gasteiger partial charge in [0.25, 0.3) is 0 Å². The molecule has 2 aromatic rings. The summed E-state index contributed by atoms with van der Waals surface area (Å²) in [5.41, 5.74) is 1.42. The largest absolute Gasteiger partial charge is 0.463 e. The van der Waals surface area contributed by atoms with Gasteiger partial charge in [0.1, 0.15) is 11.4 Å². The number of furan rings is 1. The van der Waals surface area contributed by atoms with E-state index in [2.05, 4.69) is 11.4 Å². The lowest BCUT2D eigenvalue weighted by molar-refractivity contribution is -0.158. The van der Waals surface area contributed by atoms with Crippen molar-refractivity contribution in [2.24, 2.45) is 5.92 Å². The molecule has 0 saturated carbocycles. The van der Waals surface area contributed by atoms with Gasteiger partial charge in [0.15, 0.2) is 0 Å². The second-order valence-electron chi connectivity index (χ2n) is 7.30. The molecule has 0 fully saturated rings. The number of benzene rings is 1. The summed E-state index contributed by atoms with van der Waals surface area (Å²) in [4.78, 5) is 12.6. The number of hydrogen-bond acceptors (Lipinski definition) is 5. The second kappa shape index (κ2) is 14.9. The number of nitriles is 1. The van der Waals surface area contributed by atoms with E-state index in [9.17, 15) is 4.79 Å². The molecule has 0 aliphatic rings. The van der Waals surface area contributed by atoms with Gasteiger partial charge < -0.3 is 14.5 Å². The van der Waals surface area contributed by atoms with Crippen LogP contribution in [-0.2, 0) is 9.53 Å². The SMILES string of the molecule is CC.CC.CCCC(/C=C(\Nc1cccc(C#N)c1)c1ccco1)C(=O)OC(C)(C)C. The van der Waals surface area contributed by atoms with Gasteiger partial charge in [-0.2, -0.15) is 5.26 Å². The molecule has 0 amide bonds. The average molecular weight is 427 g/mol. The number of rotatable bonds is 7.